The van der Waals surface area contributed by atoms with Crippen molar-refractivity contribution >= 4 is 23.3 Å². The van der Waals surface area contributed by atoms with E-state index < -0.39 is 0 Å². The summed E-state index contributed by atoms with van der Waals surface area (Å²) in [5.74, 6) is -0.00921. The molecule has 2 aromatic heterocycles. The molecule has 0 aromatic carbocycles. The van der Waals surface area contributed by atoms with Crippen molar-refractivity contribution in [1.82, 2.24) is 14.7 Å². The summed E-state index contributed by atoms with van der Waals surface area (Å²) in [5, 5.41) is 8.11. The van der Waals surface area contributed by atoms with E-state index in [1.54, 1.807) is 46.3 Å². The van der Waals surface area contributed by atoms with Gasteiger partial charge in [-0.05, 0) is 28.5 Å². The van der Waals surface area contributed by atoms with Gasteiger partial charge in [-0.3, -0.25) is 9.48 Å². The van der Waals surface area contributed by atoms with Crippen molar-refractivity contribution in [3.05, 3.63) is 46.4 Å². The number of carbonyl (C=O) groups is 1. The van der Waals surface area contributed by atoms with E-state index in [-0.39, 0.29) is 5.91 Å². The van der Waals surface area contributed by atoms with Crippen LogP contribution in [0.25, 0.3) is 6.08 Å². The average molecular weight is 261 g/mol. The van der Waals surface area contributed by atoms with Gasteiger partial charge in [0.1, 0.15) is 0 Å². The maximum Gasteiger partial charge on any atom is 0.246 e. The minimum Gasteiger partial charge on any atom is -0.338 e. The highest BCUT2D eigenvalue weighted by Crippen LogP contribution is 2.09. The van der Waals surface area contributed by atoms with Gasteiger partial charge in [-0.25, -0.2) is 0 Å². The first-order valence-corrected chi connectivity index (χ1v) is 6.52. The van der Waals surface area contributed by atoms with Crippen molar-refractivity contribution in [2.24, 2.45) is 7.05 Å². The molecule has 0 unspecified atom stereocenters. The van der Waals surface area contributed by atoms with Crippen LogP contribution < -0.4 is 0 Å². The second-order valence-corrected chi connectivity index (χ2v) is 4.89. The largest absolute Gasteiger partial charge is 0.338 e. The quantitative estimate of drug-likeness (QED) is 0.791. The molecular weight excluding hydrogens is 246 g/mol. The Labute approximate surface area is 110 Å². The third-order valence-corrected chi connectivity index (χ3v) is 3.25. The molecule has 0 aliphatic heterocycles. The van der Waals surface area contributed by atoms with Gasteiger partial charge in [-0.15, -0.1) is 0 Å². The molecule has 0 radical (unpaired) electrons. The van der Waals surface area contributed by atoms with Gasteiger partial charge in [0.25, 0.3) is 0 Å². The van der Waals surface area contributed by atoms with Gasteiger partial charge < -0.3 is 4.90 Å². The molecule has 0 bridgehead atoms. The molecule has 4 nitrogen and oxygen atoms in total. The van der Waals surface area contributed by atoms with Crippen molar-refractivity contribution in [2.45, 2.75) is 6.54 Å². The number of likely N-dealkylation sites (N-methyl/N-ethyl adjacent to an activating group) is 1. The summed E-state index contributed by atoms with van der Waals surface area (Å²) < 4.78 is 1.71. The summed E-state index contributed by atoms with van der Waals surface area (Å²) in [6, 6.07) is 2.03. The average Bonchev–Trinajstić information content (AvgIpc) is 2.97. The van der Waals surface area contributed by atoms with E-state index >= 15 is 0 Å². The van der Waals surface area contributed by atoms with E-state index in [9.17, 15) is 4.79 Å². The molecule has 0 fully saturated rings. The molecule has 94 valence electrons. The lowest BCUT2D eigenvalue weighted by atomic mass is 10.3. The first-order valence-electron chi connectivity index (χ1n) is 5.58. The Morgan fingerprint density at radius 3 is 3.06 bits per heavy atom. The molecule has 0 aliphatic rings. The van der Waals surface area contributed by atoms with E-state index in [1.165, 1.54) is 0 Å². The molecule has 0 N–H and O–H groups in total. The van der Waals surface area contributed by atoms with Crippen molar-refractivity contribution < 1.29 is 4.79 Å². The van der Waals surface area contributed by atoms with Crippen LogP contribution in [0.3, 0.4) is 0 Å². The number of aromatic nitrogens is 2. The smallest absolute Gasteiger partial charge is 0.246 e. The van der Waals surface area contributed by atoms with Crippen LogP contribution in [0.5, 0.6) is 0 Å². The molecule has 0 aliphatic carbocycles. The van der Waals surface area contributed by atoms with Gasteiger partial charge >= 0.3 is 0 Å². The van der Waals surface area contributed by atoms with Crippen molar-refractivity contribution in [1.29, 1.82) is 0 Å². The molecular formula is C13H15N3OS. The zero-order chi connectivity index (χ0) is 13.0. The summed E-state index contributed by atoms with van der Waals surface area (Å²) in [4.78, 5) is 13.6. The highest BCUT2D eigenvalue weighted by Gasteiger charge is 2.05. The normalized spacial score (nSPS) is 11.0. The van der Waals surface area contributed by atoms with Crippen LogP contribution in [0.15, 0.2) is 35.3 Å². The molecule has 18 heavy (non-hydrogen) atoms. The SMILES string of the molecule is CN(Cc1ccsc1)C(=O)/C=C\c1cnn(C)c1. The second-order valence-electron chi connectivity index (χ2n) is 4.11. The predicted molar refractivity (Wildman–Crippen MR) is 73.0 cm³/mol. The van der Waals surface area contributed by atoms with Crippen LogP contribution in [0.4, 0.5) is 0 Å². The molecule has 0 saturated carbocycles. The lowest BCUT2D eigenvalue weighted by Gasteiger charge is -2.13. The number of carbonyl (C=O) groups excluding carboxylic acids is 1. The summed E-state index contributed by atoms with van der Waals surface area (Å²) in [6.07, 6.45) is 6.94. The van der Waals surface area contributed by atoms with Crippen LogP contribution in [-0.4, -0.2) is 27.6 Å². The Kier molecular flexibility index (Phi) is 3.94. The number of hydrogen-bond acceptors (Lipinski definition) is 3. The fourth-order valence-electron chi connectivity index (χ4n) is 1.56. The second kappa shape index (κ2) is 5.64. The molecule has 1 amide bonds. The number of nitrogens with zero attached hydrogens (tertiary/aromatic N) is 3. The summed E-state index contributed by atoms with van der Waals surface area (Å²) in [6.45, 7) is 0.639. The Balaban J connectivity index is 1.93. The third kappa shape index (κ3) is 3.30. The first kappa shape index (κ1) is 12.6. The van der Waals surface area contributed by atoms with E-state index in [1.807, 2.05) is 24.7 Å². The summed E-state index contributed by atoms with van der Waals surface area (Å²) >= 11 is 1.64. The molecule has 2 rings (SSSR count). The van der Waals surface area contributed by atoms with Crippen LogP contribution in [0, 0.1) is 0 Å². The number of aryl methyl sites for hydroxylation is 1. The molecule has 0 saturated heterocycles. The number of thiophene rings is 1. The van der Waals surface area contributed by atoms with Gasteiger partial charge in [0, 0.05) is 38.5 Å². The van der Waals surface area contributed by atoms with Gasteiger partial charge in [-0.1, -0.05) is 0 Å². The van der Waals surface area contributed by atoms with Crippen LogP contribution in [0.1, 0.15) is 11.1 Å². The Morgan fingerprint density at radius 1 is 1.61 bits per heavy atom. The monoisotopic (exact) mass is 261 g/mol. The molecule has 2 heterocycles. The fraction of sp³-hybridized carbons (Fsp3) is 0.231. The molecule has 0 spiro atoms. The maximum absolute atomic E-state index is 11.9. The lowest BCUT2D eigenvalue weighted by Crippen LogP contribution is -2.23. The van der Waals surface area contributed by atoms with E-state index in [4.69, 9.17) is 0 Å². The first-order chi connectivity index (χ1) is 8.65. The standard InChI is InChI=1S/C13H15N3OS/c1-15(8-12-5-6-18-10-12)13(17)4-3-11-7-14-16(2)9-11/h3-7,9-10H,8H2,1-2H3/b4-3-. The fourth-order valence-corrected chi connectivity index (χ4v) is 2.22. The molecule has 2 aromatic rings. The highest BCUT2D eigenvalue weighted by molar-refractivity contribution is 7.07. The van der Waals surface area contributed by atoms with Crippen molar-refractivity contribution in [3.8, 4) is 0 Å². The highest BCUT2D eigenvalue weighted by atomic mass is 32.1. The van der Waals surface area contributed by atoms with E-state index in [0.29, 0.717) is 6.54 Å². The zero-order valence-electron chi connectivity index (χ0n) is 10.4. The van der Waals surface area contributed by atoms with E-state index in [2.05, 4.69) is 10.5 Å². The lowest BCUT2D eigenvalue weighted by molar-refractivity contribution is -0.125. The van der Waals surface area contributed by atoms with Crippen LogP contribution >= 0.6 is 11.3 Å². The van der Waals surface area contributed by atoms with E-state index in [0.717, 1.165) is 11.1 Å². The predicted octanol–water partition coefficient (Wildman–Crippen LogP) is 2.15. The number of amides is 1. The van der Waals surface area contributed by atoms with Crippen LogP contribution in [0.2, 0.25) is 0 Å². The Morgan fingerprint density at radius 2 is 2.44 bits per heavy atom. The Hall–Kier alpha value is -1.88. The van der Waals surface area contributed by atoms with Crippen LogP contribution in [-0.2, 0) is 18.4 Å². The van der Waals surface area contributed by atoms with Crippen molar-refractivity contribution in [2.75, 3.05) is 7.05 Å². The molecule has 0 atom stereocenters. The zero-order valence-corrected chi connectivity index (χ0v) is 11.2. The van der Waals surface area contributed by atoms with Crippen molar-refractivity contribution in [3.63, 3.8) is 0 Å². The Bertz CT molecular complexity index is 542. The summed E-state index contributed by atoms with van der Waals surface area (Å²) in [7, 11) is 3.65. The van der Waals surface area contributed by atoms with Gasteiger partial charge in [-0.2, -0.15) is 16.4 Å². The maximum atomic E-state index is 11.9. The third-order valence-electron chi connectivity index (χ3n) is 2.52. The van der Waals surface area contributed by atoms with Gasteiger partial charge in [0.15, 0.2) is 0 Å². The number of hydrogen-bond donors (Lipinski definition) is 0. The minimum atomic E-state index is -0.00921. The van der Waals surface area contributed by atoms with Gasteiger partial charge in [0.05, 0.1) is 6.20 Å². The molecule has 5 heteroatoms. The minimum absolute atomic E-state index is 0.00921. The summed E-state index contributed by atoms with van der Waals surface area (Å²) in [5.41, 5.74) is 2.08. The topological polar surface area (TPSA) is 38.1 Å². The number of rotatable bonds is 4. The van der Waals surface area contributed by atoms with Gasteiger partial charge in [0.2, 0.25) is 5.91 Å².